The van der Waals surface area contributed by atoms with E-state index < -0.39 is 9.84 Å². The van der Waals surface area contributed by atoms with Crippen LogP contribution in [-0.4, -0.2) is 25.8 Å². The van der Waals surface area contributed by atoms with Crippen molar-refractivity contribution in [3.63, 3.8) is 0 Å². The number of anilines is 2. The van der Waals surface area contributed by atoms with E-state index in [-0.39, 0.29) is 10.6 Å². The van der Waals surface area contributed by atoms with Crippen LogP contribution in [0.15, 0.2) is 51.8 Å². The van der Waals surface area contributed by atoms with Gasteiger partial charge in [0.05, 0.1) is 17.3 Å². The molecule has 1 N–H and O–H groups in total. The van der Waals surface area contributed by atoms with E-state index in [4.69, 9.17) is 9.15 Å². The van der Waals surface area contributed by atoms with Crippen LogP contribution >= 0.6 is 0 Å². The van der Waals surface area contributed by atoms with E-state index in [9.17, 15) is 8.42 Å². The molecular weight excluding hydrogens is 328 g/mol. The molecule has 0 aliphatic rings. The first-order valence-corrected chi connectivity index (χ1v) is 9.30. The van der Waals surface area contributed by atoms with E-state index in [1.807, 2.05) is 31.2 Å². The van der Waals surface area contributed by atoms with Crippen molar-refractivity contribution in [3.8, 4) is 5.75 Å². The van der Waals surface area contributed by atoms with Gasteiger partial charge in [0.2, 0.25) is 0 Å². The van der Waals surface area contributed by atoms with Gasteiger partial charge in [0.25, 0.3) is 6.01 Å². The number of hydrogen-bond acceptors (Lipinski definition) is 6. The first kappa shape index (κ1) is 16.3. The molecule has 0 fully saturated rings. The quantitative estimate of drug-likeness (QED) is 0.732. The molecule has 126 valence electrons. The van der Waals surface area contributed by atoms with Gasteiger partial charge in [0, 0.05) is 11.8 Å². The summed E-state index contributed by atoms with van der Waals surface area (Å²) >= 11 is 0. The Balaban J connectivity index is 1.85. The summed E-state index contributed by atoms with van der Waals surface area (Å²) in [7, 11) is -3.27. The zero-order valence-corrected chi connectivity index (χ0v) is 14.3. The maximum atomic E-state index is 11.9. The van der Waals surface area contributed by atoms with Gasteiger partial charge in [-0.3, -0.25) is 0 Å². The Morgan fingerprint density at radius 3 is 2.54 bits per heavy atom. The molecule has 1 heterocycles. The minimum absolute atomic E-state index is 0.0456. The fourth-order valence-electron chi connectivity index (χ4n) is 2.24. The highest BCUT2D eigenvalue weighted by atomic mass is 32.2. The largest absolute Gasteiger partial charge is 0.494 e. The van der Waals surface area contributed by atoms with Crippen molar-refractivity contribution in [2.75, 3.05) is 17.7 Å². The Kier molecular flexibility index (Phi) is 4.44. The Morgan fingerprint density at radius 2 is 1.88 bits per heavy atom. The standard InChI is InChI=1S/C17H18N2O4S/c1-3-22-13-7-5-12(6-8-13)18-17-19-15-10-9-14(11-16(15)23-17)24(20,21)4-2/h5-11H,3-4H2,1-2H3,(H,18,19). The molecule has 0 atom stereocenters. The highest BCUT2D eigenvalue weighted by Gasteiger charge is 2.14. The molecule has 3 aromatic rings. The molecule has 0 saturated carbocycles. The minimum Gasteiger partial charge on any atom is -0.494 e. The Labute approximate surface area is 140 Å². The molecule has 0 aliphatic heterocycles. The van der Waals surface area contributed by atoms with E-state index in [1.165, 1.54) is 6.07 Å². The lowest BCUT2D eigenvalue weighted by atomic mass is 10.3. The fraction of sp³-hybridized carbons (Fsp3) is 0.235. The molecular formula is C17H18N2O4S. The summed E-state index contributed by atoms with van der Waals surface area (Å²) < 4.78 is 34.9. The number of nitrogens with one attached hydrogen (secondary N) is 1. The number of nitrogens with zero attached hydrogens (tertiary/aromatic N) is 1. The van der Waals surface area contributed by atoms with Crippen LogP contribution < -0.4 is 10.1 Å². The molecule has 7 heteroatoms. The summed E-state index contributed by atoms with van der Waals surface area (Å²) in [6.07, 6.45) is 0. The Hall–Kier alpha value is -2.54. The predicted molar refractivity (Wildman–Crippen MR) is 92.6 cm³/mol. The van der Waals surface area contributed by atoms with Gasteiger partial charge in [0.15, 0.2) is 15.4 Å². The van der Waals surface area contributed by atoms with E-state index in [1.54, 1.807) is 19.1 Å². The molecule has 0 radical (unpaired) electrons. The average molecular weight is 346 g/mol. The molecule has 0 unspecified atom stereocenters. The number of oxazole rings is 1. The third-order valence-electron chi connectivity index (χ3n) is 3.52. The Morgan fingerprint density at radius 1 is 1.12 bits per heavy atom. The summed E-state index contributed by atoms with van der Waals surface area (Å²) in [6.45, 7) is 4.15. The number of fused-ring (bicyclic) bond motifs is 1. The first-order valence-electron chi connectivity index (χ1n) is 7.65. The number of rotatable bonds is 6. The van der Waals surface area contributed by atoms with Crippen LogP contribution in [0.1, 0.15) is 13.8 Å². The second-order valence-corrected chi connectivity index (χ2v) is 7.41. The SMILES string of the molecule is CCOc1ccc(Nc2nc3ccc(S(=O)(=O)CC)cc3o2)cc1. The normalized spacial score (nSPS) is 11.6. The van der Waals surface area contributed by atoms with Gasteiger partial charge >= 0.3 is 0 Å². The van der Waals surface area contributed by atoms with Crippen molar-refractivity contribution >= 4 is 32.6 Å². The van der Waals surface area contributed by atoms with Crippen molar-refractivity contribution in [3.05, 3.63) is 42.5 Å². The maximum Gasteiger partial charge on any atom is 0.300 e. The molecule has 0 aliphatic carbocycles. The average Bonchev–Trinajstić information content (AvgIpc) is 2.98. The van der Waals surface area contributed by atoms with Crippen molar-refractivity contribution in [2.24, 2.45) is 0 Å². The zero-order valence-electron chi connectivity index (χ0n) is 13.4. The van der Waals surface area contributed by atoms with Crippen molar-refractivity contribution in [2.45, 2.75) is 18.7 Å². The minimum atomic E-state index is -3.27. The highest BCUT2D eigenvalue weighted by Crippen LogP contribution is 2.25. The van der Waals surface area contributed by atoms with Crippen LogP contribution in [0, 0.1) is 0 Å². The van der Waals surface area contributed by atoms with Gasteiger partial charge in [-0.15, -0.1) is 0 Å². The van der Waals surface area contributed by atoms with Crippen LogP contribution in [-0.2, 0) is 9.84 Å². The number of benzene rings is 2. The number of sulfone groups is 1. The molecule has 0 bridgehead atoms. The summed E-state index contributed by atoms with van der Waals surface area (Å²) in [6, 6.07) is 12.4. The van der Waals surface area contributed by atoms with Crippen molar-refractivity contribution in [1.29, 1.82) is 0 Å². The smallest absolute Gasteiger partial charge is 0.300 e. The topological polar surface area (TPSA) is 81.4 Å². The van der Waals surface area contributed by atoms with Crippen molar-refractivity contribution in [1.82, 2.24) is 4.98 Å². The van der Waals surface area contributed by atoms with Gasteiger partial charge in [0.1, 0.15) is 11.3 Å². The van der Waals surface area contributed by atoms with Gasteiger partial charge in [-0.2, -0.15) is 4.98 Å². The third-order valence-corrected chi connectivity index (χ3v) is 5.25. The summed E-state index contributed by atoms with van der Waals surface area (Å²) in [5, 5.41) is 3.05. The molecule has 2 aromatic carbocycles. The lowest BCUT2D eigenvalue weighted by Gasteiger charge is -2.04. The summed E-state index contributed by atoms with van der Waals surface area (Å²) in [4.78, 5) is 4.55. The molecule has 1 aromatic heterocycles. The van der Waals surface area contributed by atoms with Crippen LogP contribution in [0.2, 0.25) is 0 Å². The van der Waals surface area contributed by atoms with Crippen LogP contribution in [0.4, 0.5) is 11.7 Å². The van der Waals surface area contributed by atoms with Gasteiger partial charge in [-0.1, -0.05) is 6.92 Å². The monoisotopic (exact) mass is 346 g/mol. The molecule has 3 rings (SSSR count). The van der Waals surface area contributed by atoms with E-state index in [2.05, 4.69) is 10.3 Å². The summed E-state index contributed by atoms with van der Waals surface area (Å²) in [5.74, 6) is 0.833. The van der Waals surface area contributed by atoms with E-state index in [0.29, 0.717) is 23.7 Å². The van der Waals surface area contributed by atoms with Crippen molar-refractivity contribution < 1.29 is 17.6 Å². The number of ether oxygens (including phenoxy) is 1. The van der Waals surface area contributed by atoms with Crippen LogP contribution in [0.25, 0.3) is 11.1 Å². The van der Waals surface area contributed by atoms with Gasteiger partial charge < -0.3 is 14.5 Å². The molecule has 24 heavy (non-hydrogen) atoms. The first-order chi connectivity index (χ1) is 11.5. The number of hydrogen-bond donors (Lipinski definition) is 1. The van der Waals surface area contributed by atoms with E-state index >= 15 is 0 Å². The molecule has 0 saturated heterocycles. The molecule has 0 spiro atoms. The lowest BCUT2D eigenvalue weighted by Crippen LogP contribution is -2.02. The predicted octanol–water partition coefficient (Wildman–Crippen LogP) is 3.76. The maximum absolute atomic E-state index is 11.9. The fourth-order valence-corrected chi connectivity index (χ4v) is 3.14. The zero-order chi connectivity index (χ0) is 17.2. The number of aromatic nitrogens is 1. The summed E-state index contributed by atoms with van der Waals surface area (Å²) in [5.41, 5.74) is 1.82. The third kappa shape index (κ3) is 3.35. The molecule has 6 nitrogen and oxygen atoms in total. The Bertz CT molecular complexity index is 946. The van der Waals surface area contributed by atoms with Crippen LogP contribution in [0.5, 0.6) is 5.75 Å². The van der Waals surface area contributed by atoms with E-state index in [0.717, 1.165) is 11.4 Å². The molecule has 0 amide bonds. The highest BCUT2D eigenvalue weighted by molar-refractivity contribution is 7.91. The van der Waals surface area contributed by atoms with Gasteiger partial charge in [-0.25, -0.2) is 8.42 Å². The second-order valence-electron chi connectivity index (χ2n) is 5.13. The van der Waals surface area contributed by atoms with Crippen LogP contribution in [0.3, 0.4) is 0 Å². The lowest BCUT2D eigenvalue weighted by molar-refractivity contribution is 0.340. The van der Waals surface area contributed by atoms with Gasteiger partial charge in [-0.05, 0) is 43.3 Å². The second kappa shape index (κ2) is 6.52.